The molecular formula is C14H19N3O4. The number of aryl methyl sites for hydroxylation is 1. The second kappa shape index (κ2) is 6.07. The molecule has 0 aromatic carbocycles. The standard InChI is InChI=1S/C14H19N3O4/c1-3-7-17-11(18)5-4-10(15-17)13(19)16-8-6-9(2)12(16)14(20)21/h4-5,9,12H,3,6-8H2,1-2H3,(H,20,21). The summed E-state index contributed by atoms with van der Waals surface area (Å²) in [5.74, 6) is -1.53. The van der Waals surface area contributed by atoms with Crippen LogP contribution in [0.3, 0.4) is 0 Å². The molecule has 1 aliphatic heterocycles. The Morgan fingerprint density at radius 1 is 1.43 bits per heavy atom. The Hall–Kier alpha value is -2.18. The fraction of sp³-hybridized carbons (Fsp3) is 0.571. The van der Waals surface area contributed by atoms with Crippen molar-refractivity contribution in [1.82, 2.24) is 14.7 Å². The molecule has 0 aliphatic carbocycles. The number of carbonyl (C=O) groups is 2. The van der Waals surface area contributed by atoms with Gasteiger partial charge >= 0.3 is 5.97 Å². The minimum atomic E-state index is -1.00. The van der Waals surface area contributed by atoms with Crippen molar-refractivity contribution in [1.29, 1.82) is 0 Å². The van der Waals surface area contributed by atoms with Crippen LogP contribution in [0, 0.1) is 5.92 Å². The van der Waals surface area contributed by atoms with Crippen LogP contribution in [0.2, 0.25) is 0 Å². The molecule has 1 fully saturated rings. The highest BCUT2D eigenvalue weighted by Gasteiger charge is 2.40. The molecule has 0 spiro atoms. The fourth-order valence-electron chi connectivity index (χ4n) is 2.63. The van der Waals surface area contributed by atoms with E-state index in [0.29, 0.717) is 19.5 Å². The molecule has 0 saturated carbocycles. The van der Waals surface area contributed by atoms with Gasteiger partial charge in [0.1, 0.15) is 11.7 Å². The van der Waals surface area contributed by atoms with E-state index >= 15 is 0 Å². The first-order valence-electron chi connectivity index (χ1n) is 7.07. The lowest BCUT2D eigenvalue weighted by atomic mass is 10.0. The lowest BCUT2D eigenvalue weighted by molar-refractivity contribution is -0.142. The first-order valence-corrected chi connectivity index (χ1v) is 7.07. The lowest BCUT2D eigenvalue weighted by Crippen LogP contribution is -2.43. The normalized spacial score (nSPS) is 21.5. The molecular weight excluding hydrogens is 274 g/mol. The number of carbonyl (C=O) groups excluding carboxylic acids is 1. The van der Waals surface area contributed by atoms with Crippen molar-refractivity contribution in [3.8, 4) is 0 Å². The lowest BCUT2D eigenvalue weighted by Gasteiger charge is -2.23. The predicted molar refractivity (Wildman–Crippen MR) is 75.0 cm³/mol. The third-order valence-corrected chi connectivity index (χ3v) is 3.74. The van der Waals surface area contributed by atoms with E-state index in [9.17, 15) is 19.5 Å². The van der Waals surface area contributed by atoms with Crippen molar-refractivity contribution in [2.24, 2.45) is 5.92 Å². The van der Waals surface area contributed by atoms with Gasteiger partial charge in [0.25, 0.3) is 11.5 Å². The third-order valence-electron chi connectivity index (χ3n) is 3.74. The highest BCUT2D eigenvalue weighted by molar-refractivity contribution is 5.95. The average molecular weight is 293 g/mol. The van der Waals surface area contributed by atoms with Crippen LogP contribution >= 0.6 is 0 Å². The average Bonchev–Trinajstić information content (AvgIpc) is 2.82. The first-order chi connectivity index (χ1) is 9.95. The van der Waals surface area contributed by atoms with Crippen LogP contribution in [0.4, 0.5) is 0 Å². The summed E-state index contributed by atoms with van der Waals surface area (Å²) in [6.07, 6.45) is 1.38. The highest BCUT2D eigenvalue weighted by Crippen LogP contribution is 2.25. The minimum absolute atomic E-state index is 0.0898. The van der Waals surface area contributed by atoms with E-state index < -0.39 is 17.9 Å². The van der Waals surface area contributed by atoms with Crippen LogP contribution in [0.5, 0.6) is 0 Å². The Bertz CT molecular complexity index is 610. The molecule has 2 unspecified atom stereocenters. The van der Waals surface area contributed by atoms with Crippen LogP contribution in [0.1, 0.15) is 37.2 Å². The van der Waals surface area contributed by atoms with E-state index in [4.69, 9.17) is 0 Å². The molecule has 7 nitrogen and oxygen atoms in total. The second-order valence-corrected chi connectivity index (χ2v) is 5.33. The summed E-state index contributed by atoms with van der Waals surface area (Å²) in [4.78, 5) is 36.7. The van der Waals surface area contributed by atoms with Gasteiger partial charge in [-0.05, 0) is 24.8 Å². The SMILES string of the molecule is CCCn1nc(C(=O)N2CCC(C)C2C(=O)O)ccc1=O. The van der Waals surface area contributed by atoms with E-state index in [-0.39, 0.29) is 17.2 Å². The van der Waals surface area contributed by atoms with Crippen molar-refractivity contribution in [3.05, 3.63) is 28.2 Å². The van der Waals surface area contributed by atoms with Crippen molar-refractivity contribution in [2.45, 2.75) is 39.3 Å². The van der Waals surface area contributed by atoms with E-state index in [0.717, 1.165) is 6.42 Å². The molecule has 1 saturated heterocycles. The zero-order valence-electron chi connectivity index (χ0n) is 12.2. The Balaban J connectivity index is 2.29. The Morgan fingerprint density at radius 2 is 2.14 bits per heavy atom. The molecule has 1 aliphatic rings. The number of carboxylic acid groups (broad SMARTS) is 1. The second-order valence-electron chi connectivity index (χ2n) is 5.33. The summed E-state index contributed by atoms with van der Waals surface area (Å²) >= 11 is 0. The maximum absolute atomic E-state index is 12.5. The van der Waals surface area contributed by atoms with E-state index in [1.807, 2.05) is 13.8 Å². The van der Waals surface area contributed by atoms with Crippen LogP contribution in [0.15, 0.2) is 16.9 Å². The van der Waals surface area contributed by atoms with Gasteiger partial charge in [0.05, 0.1) is 0 Å². The molecule has 7 heteroatoms. The molecule has 2 atom stereocenters. The maximum Gasteiger partial charge on any atom is 0.326 e. The number of aliphatic carboxylic acids is 1. The number of hydrogen-bond donors (Lipinski definition) is 1. The van der Waals surface area contributed by atoms with Gasteiger partial charge in [0, 0.05) is 19.2 Å². The number of aromatic nitrogens is 2. The van der Waals surface area contributed by atoms with Gasteiger partial charge in [-0.1, -0.05) is 13.8 Å². The number of nitrogens with zero attached hydrogens (tertiary/aromatic N) is 3. The molecule has 1 aromatic heterocycles. The molecule has 2 rings (SSSR count). The molecule has 0 bridgehead atoms. The van der Waals surface area contributed by atoms with Gasteiger partial charge in [0.2, 0.25) is 0 Å². The smallest absolute Gasteiger partial charge is 0.326 e. The predicted octanol–water partition coefficient (Wildman–Crippen LogP) is 0.589. The van der Waals surface area contributed by atoms with Gasteiger partial charge in [0.15, 0.2) is 0 Å². The quantitative estimate of drug-likeness (QED) is 0.877. The third kappa shape index (κ3) is 2.96. The summed E-state index contributed by atoms with van der Waals surface area (Å²) in [5, 5.41) is 13.3. The first kappa shape index (κ1) is 15.2. The summed E-state index contributed by atoms with van der Waals surface area (Å²) in [6.45, 7) is 4.55. The Kier molecular flexibility index (Phi) is 4.40. The number of carboxylic acids is 1. The Morgan fingerprint density at radius 3 is 2.76 bits per heavy atom. The van der Waals surface area contributed by atoms with Crippen LogP contribution < -0.4 is 5.56 Å². The van der Waals surface area contributed by atoms with Crippen molar-refractivity contribution < 1.29 is 14.7 Å². The number of rotatable bonds is 4. The number of amides is 1. The van der Waals surface area contributed by atoms with Gasteiger partial charge in [-0.2, -0.15) is 5.10 Å². The highest BCUT2D eigenvalue weighted by atomic mass is 16.4. The fourth-order valence-corrected chi connectivity index (χ4v) is 2.63. The minimum Gasteiger partial charge on any atom is -0.480 e. The zero-order chi connectivity index (χ0) is 15.6. The molecule has 1 amide bonds. The summed E-state index contributed by atoms with van der Waals surface area (Å²) in [5.41, 5.74) is -0.152. The topological polar surface area (TPSA) is 92.5 Å². The monoisotopic (exact) mass is 293 g/mol. The Labute approximate surface area is 122 Å². The molecule has 0 radical (unpaired) electrons. The molecule has 1 aromatic rings. The van der Waals surface area contributed by atoms with Crippen molar-refractivity contribution >= 4 is 11.9 Å². The van der Waals surface area contributed by atoms with Gasteiger partial charge < -0.3 is 10.0 Å². The largest absolute Gasteiger partial charge is 0.480 e. The molecule has 1 N–H and O–H groups in total. The van der Waals surface area contributed by atoms with Crippen molar-refractivity contribution in [2.75, 3.05) is 6.54 Å². The zero-order valence-corrected chi connectivity index (χ0v) is 12.2. The van der Waals surface area contributed by atoms with Gasteiger partial charge in [-0.3, -0.25) is 9.59 Å². The van der Waals surface area contributed by atoms with Crippen LogP contribution in [-0.2, 0) is 11.3 Å². The van der Waals surface area contributed by atoms with Gasteiger partial charge in [-0.15, -0.1) is 0 Å². The summed E-state index contributed by atoms with van der Waals surface area (Å²) in [6, 6.07) is 1.83. The number of hydrogen-bond acceptors (Lipinski definition) is 4. The van der Waals surface area contributed by atoms with Crippen LogP contribution in [0.25, 0.3) is 0 Å². The maximum atomic E-state index is 12.5. The van der Waals surface area contributed by atoms with E-state index in [2.05, 4.69) is 5.10 Å². The van der Waals surface area contributed by atoms with Crippen LogP contribution in [-0.4, -0.2) is 44.3 Å². The molecule has 114 valence electrons. The van der Waals surface area contributed by atoms with E-state index in [1.54, 1.807) is 0 Å². The van der Waals surface area contributed by atoms with Gasteiger partial charge in [-0.25, -0.2) is 9.48 Å². The summed E-state index contributed by atoms with van der Waals surface area (Å²) < 4.78 is 1.24. The molecule has 2 heterocycles. The summed E-state index contributed by atoms with van der Waals surface area (Å²) in [7, 11) is 0. The number of likely N-dealkylation sites (tertiary alicyclic amines) is 1. The van der Waals surface area contributed by atoms with Crippen molar-refractivity contribution in [3.63, 3.8) is 0 Å². The molecule has 21 heavy (non-hydrogen) atoms. The van der Waals surface area contributed by atoms with E-state index in [1.165, 1.54) is 21.7 Å².